The molecule has 0 bridgehead atoms. The van der Waals surface area contributed by atoms with Gasteiger partial charge in [-0.1, -0.05) is 0 Å². The van der Waals surface area contributed by atoms with Crippen LogP contribution >= 0.6 is 11.3 Å². The van der Waals surface area contributed by atoms with Gasteiger partial charge in [0, 0.05) is 48.5 Å². The van der Waals surface area contributed by atoms with Crippen LogP contribution in [0.5, 0.6) is 0 Å². The Morgan fingerprint density at radius 1 is 1.41 bits per heavy atom. The molecule has 0 aliphatic carbocycles. The number of likely N-dealkylation sites (tertiary alicyclic amines) is 2. The molecule has 0 radical (unpaired) electrons. The first-order chi connectivity index (χ1) is 10.5. The van der Waals surface area contributed by atoms with Crippen LogP contribution in [0.1, 0.15) is 30.0 Å². The zero-order valence-corrected chi connectivity index (χ0v) is 14.8. The minimum Gasteiger partial charge on any atom is -0.358 e. The van der Waals surface area contributed by atoms with Gasteiger partial charge in [-0.3, -0.25) is 14.6 Å². The predicted octanol–water partition coefficient (Wildman–Crippen LogP) is 2.09. The van der Waals surface area contributed by atoms with Gasteiger partial charge in [0.2, 0.25) is 5.91 Å². The first-order valence-corrected chi connectivity index (χ1v) is 9.08. The topological polar surface area (TPSA) is 35.6 Å². The molecule has 122 valence electrons. The lowest BCUT2D eigenvalue weighted by atomic mass is 10.0. The maximum atomic E-state index is 12.2. The zero-order valence-electron chi connectivity index (χ0n) is 14.0. The van der Waals surface area contributed by atoms with Crippen molar-refractivity contribution in [1.82, 2.24) is 15.1 Å². The molecular formula is C17H27N3OS. The van der Waals surface area contributed by atoms with Gasteiger partial charge in [0.05, 0.1) is 6.04 Å². The summed E-state index contributed by atoms with van der Waals surface area (Å²) in [6.45, 7) is 9.86. The summed E-state index contributed by atoms with van der Waals surface area (Å²) in [6, 6.07) is 5.47. The van der Waals surface area contributed by atoms with E-state index >= 15 is 0 Å². The highest BCUT2D eigenvalue weighted by Crippen LogP contribution is 2.38. The Morgan fingerprint density at radius 3 is 2.77 bits per heavy atom. The summed E-state index contributed by atoms with van der Waals surface area (Å²) in [4.78, 5) is 20.0. The molecule has 2 saturated heterocycles. The average molecular weight is 321 g/mol. The number of amides is 1. The van der Waals surface area contributed by atoms with Gasteiger partial charge in [0.25, 0.3) is 0 Å². The fraction of sp³-hybridized carbons (Fsp3) is 0.706. The van der Waals surface area contributed by atoms with Gasteiger partial charge in [-0.2, -0.15) is 0 Å². The number of thiophene rings is 1. The maximum absolute atomic E-state index is 12.2. The minimum atomic E-state index is 0.0612. The molecule has 2 fully saturated rings. The first-order valence-electron chi connectivity index (χ1n) is 8.26. The highest BCUT2D eigenvalue weighted by Gasteiger charge is 2.49. The van der Waals surface area contributed by atoms with Crippen molar-refractivity contribution in [3.8, 4) is 0 Å². The summed E-state index contributed by atoms with van der Waals surface area (Å²) < 4.78 is 0. The smallest absolute Gasteiger partial charge is 0.237 e. The van der Waals surface area contributed by atoms with Crippen molar-refractivity contribution in [1.29, 1.82) is 0 Å². The molecule has 1 aromatic rings. The number of rotatable bonds is 4. The largest absolute Gasteiger partial charge is 0.358 e. The lowest BCUT2D eigenvalue weighted by Crippen LogP contribution is -2.50. The number of nitrogens with one attached hydrogen (secondary N) is 1. The van der Waals surface area contributed by atoms with Crippen molar-refractivity contribution >= 4 is 17.2 Å². The molecule has 3 atom stereocenters. The van der Waals surface area contributed by atoms with Crippen LogP contribution in [-0.2, 0) is 11.3 Å². The van der Waals surface area contributed by atoms with Gasteiger partial charge in [-0.15, -0.1) is 11.3 Å². The summed E-state index contributed by atoms with van der Waals surface area (Å²) in [5.41, 5.74) is 0. The molecule has 2 aliphatic rings. The number of aryl methyl sites for hydroxylation is 1. The van der Waals surface area contributed by atoms with Crippen molar-refractivity contribution in [3.63, 3.8) is 0 Å². The maximum Gasteiger partial charge on any atom is 0.237 e. The number of hydrogen-bond acceptors (Lipinski definition) is 4. The van der Waals surface area contributed by atoms with Crippen LogP contribution in [-0.4, -0.2) is 54.0 Å². The molecule has 0 unspecified atom stereocenters. The Labute approximate surface area is 137 Å². The normalized spacial score (nSPS) is 29.2. The lowest BCUT2D eigenvalue weighted by molar-refractivity contribution is -0.126. The quantitative estimate of drug-likeness (QED) is 0.922. The molecule has 22 heavy (non-hydrogen) atoms. The monoisotopic (exact) mass is 321 g/mol. The van der Waals surface area contributed by atoms with E-state index in [0.717, 1.165) is 26.1 Å². The van der Waals surface area contributed by atoms with Crippen molar-refractivity contribution in [3.05, 3.63) is 21.9 Å². The molecule has 2 aliphatic heterocycles. The summed E-state index contributed by atoms with van der Waals surface area (Å²) in [5, 5.41) is 2.84. The third kappa shape index (κ3) is 2.94. The van der Waals surface area contributed by atoms with E-state index in [4.69, 9.17) is 0 Å². The Hall–Kier alpha value is -0.910. The number of carbonyl (C=O) groups is 1. The lowest BCUT2D eigenvalue weighted by Gasteiger charge is -2.33. The fourth-order valence-corrected chi connectivity index (χ4v) is 5.15. The highest BCUT2D eigenvalue weighted by atomic mass is 32.1. The second-order valence-electron chi connectivity index (χ2n) is 6.94. The second kappa shape index (κ2) is 6.30. The molecule has 1 N–H and O–H groups in total. The van der Waals surface area contributed by atoms with Crippen LogP contribution in [0.3, 0.4) is 0 Å². The van der Waals surface area contributed by atoms with Gasteiger partial charge < -0.3 is 5.32 Å². The summed E-state index contributed by atoms with van der Waals surface area (Å²) >= 11 is 1.90. The SMILES string of the molecule is CNC(=O)[C@@H]1C[C@H]2CN(Cc3ccc(C)s3)C[C@H]2N1C(C)C. The Kier molecular flexibility index (Phi) is 4.57. The third-order valence-corrected chi connectivity index (χ3v) is 6.06. The van der Waals surface area contributed by atoms with Crippen LogP contribution in [0.2, 0.25) is 0 Å². The summed E-state index contributed by atoms with van der Waals surface area (Å²) in [7, 11) is 1.75. The number of hydrogen-bond donors (Lipinski definition) is 1. The van der Waals surface area contributed by atoms with Crippen molar-refractivity contribution < 1.29 is 4.79 Å². The van der Waals surface area contributed by atoms with Gasteiger partial charge in [-0.25, -0.2) is 0 Å². The molecule has 5 heteroatoms. The number of likely N-dealkylation sites (N-methyl/N-ethyl adjacent to an activating group) is 1. The molecule has 1 aromatic heterocycles. The van der Waals surface area contributed by atoms with E-state index in [9.17, 15) is 4.79 Å². The van der Waals surface area contributed by atoms with E-state index in [1.165, 1.54) is 9.75 Å². The van der Waals surface area contributed by atoms with Gasteiger partial charge in [0.15, 0.2) is 0 Å². The standard InChI is InChI=1S/C17H27N3OS/c1-11(2)20-15(17(21)18-4)7-13-8-19(10-16(13)20)9-14-6-5-12(3)22-14/h5-6,11,13,15-16H,7-10H2,1-4H3,(H,18,21)/t13-,15-,16+/m0/s1. The van der Waals surface area contributed by atoms with Crippen molar-refractivity contribution in [2.24, 2.45) is 5.92 Å². The van der Waals surface area contributed by atoms with Gasteiger partial charge in [0.1, 0.15) is 0 Å². The highest BCUT2D eigenvalue weighted by molar-refractivity contribution is 7.11. The Balaban J connectivity index is 1.68. The summed E-state index contributed by atoms with van der Waals surface area (Å²) in [6.07, 6.45) is 1.00. The zero-order chi connectivity index (χ0) is 15.9. The number of fused-ring (bicyclic) bond motifs is 1. The van der Waals surface area contributed by atoms with Crippen molar-refractivity contribution in [2.45, 2.75) is 51.9 Å². The van der Waals surface area contributed by atoms with Gasteiger partial charge in [-0.05, 0) is 45.2 Å². The van der Waals surface area contributed by atoms with Crippen LogP contribution in [0.15, 0.2) is 12.1 Å². The second-order valence-corrected chi connectivity index (χ2v) is 8.31. The van der Waals surface area contributed by atoms with E-state index in [1.54, 1.807) is 7.05 Å². The number of carbonyl (C=O) groups excluding carboxylic acids is 1. The first kappa shape index (κ1) is 16.0. The minimum absolute atomic E-state index is 0.0612. The summed E-state index contributed by atoms with van der Waals surface area (Å²) in [5.74, 6) is 0.814. The Morgan fingerprint density at radius 2 is 2.18 bits per heavy atom. The fourth-order valence-electron chi connectivity index (χ4n) is 4.22. The van der Waals surface area contributed by atoms with Crippen LogP contribution in [0.25, 0.3) is 0 Å². The molecule has 1 amide bonds. The van der Waals surface area contributed by atoms with Crippen molar-refractivity contribution in [2.75, 3.05) is 20.1 Å². The average Bonchev–Trinajstić information content (AvgIpc) is 3.11. The van der Waals surface area contributed by atoms with Crippen LogP contribution < -0.4 is 5.32 Å². The third-order valence-electron chi connectivity index (χ3n) is 5.07. The van der Waals surface area contributed by atoms with E-state index in [0.29, 0.717) is 18.0 Å². The van der Waals surface area contributed by atoms with E-state index in [1.807, 2.05) is 11.3 Å². The number of nitrogens with zero attached hydrogens (tertiary/aromatic N) is 2. The molecule has 0 aromatic carbocycles. The van der Waals surface area contributed by atoms with E-state index in [2.05, 4.69) is 48.0 Å². The molecule has 3 rings (SSSR count). The molecule has 0 saturated carbocycles. The van der Waals surface area contributed by atoms with E-state index in [-0.39, 0.29) is 11.9 Å². The van der Waals surface area contributed by atoms with Crippen LogP contribution in [0.4, 0.5) is 0 Å². The predicted molar refractivity (Wildman–Crippen MR) is 91.1 cm³/mol. The van der Waals surface area contributed by atoms with E-state index < -0.39 is 0 Å². The van der Waals surface area contributed by atoms with Crippen LogP contribution in [0, 0.1) is 12.8 Å². The molecular weight excluding hydrogens is 294 g/mol. The molecule has 3 heterocycles. The molecule has 4 nitrogen and oxygen atoms in total. The van der Waals surface area contributed by atoms with Gasteiger partial charge >= 0.3 is 0 Å². The molecule has 0 spiro atoms. The Bertz CT molecular complexity index is 542.